The summed E-state index contributed by atoms with van der Waals surface area (Å²) < 4.78 is 10.5. The SMILES string of the molecule is C=CC1OCOCC1(C)C=C. The van der Waals surface area contributed by atoms with Gasteiger partial charge in [0.25, 0.3) is 0 Å². The molecule has 62 valence electrons. The molecule has 11 heavy (non-hydrogen) atoms. The number of rotatable bonds is 2. The maximum absolute atomic E-state index is 5.32. The highest BCUT2D eigenvalue weighted by molar-refractivity contribution is 5.04. The topological polar surface area (TPSA) is 18.5 Å². The quantitative estimate of drug-likeness (QED) is 0.564. The second kappa shape index (κ2) is 3.20. The van der Waals surface area contributed by atoms with Gasteiger partial charge in [-0.25, -0.2) is 0 Å². The third kappa shape index (κ3) is 1.52. The average Bonchev–Trinajstić information content (AvgIpc) is 2.05. The molecule has 2 heteroatoms. The van der Waals surface area contributed by atoms with E-state index in [1.165, 1.54) is 0 Å². The molecule has 0 N–H and O–H groups in total. The van der Waals surface area contributed by atoms with E-state index in [0.29, 0.717) is 13.4 Å². The smallest absolute Gasteiger partial charge is 0.147 e. The van der Waals surface area contributed by atoms with Gasteiger partial charge in [0, 0.05) is 5.41 Å². The maximum atomic E-state index is 5.32. The summed E-state index contributed by atoms with van der Waals surface area (Å²) in [7, 11) is 0. The van der Waals surface area contributed by atoms with E-state index in [1.807, 2.05) is 13.0 Å². The largest absolute Gasteiger partial charge is 0.354 e. The Hall–Kier alpha value is -0.600. The van der Waals surface area contributed by atoms with Crippen LogP contribution in [-0.4, -0.2) is 19.5 Å². The zero-order valence-electron chi connectivity index (χ0n) is 6.88. The van der Waals surface area contributed by atoms with Crippen molar-refractivity contribution < 1.29 is 9.47 Å². The molecule has 0 aromatic carbocycles. The molecule has 0 saturated carbocycles. The molecule has 1 aliphatic heterocycles. The van der Waals surface area contributed by atoms with E-state index in [0.717, 1.165) is 0 Å². The van der Waals surface area contributed by atoms with Crippen LogP contribution in [0, 0.1) is 5.41 Å². The number of hydrogen-bond acceptors (Lipinski definition) is 2. The Morgan fingerprint density at radius 3 is 2.73 bits per heavy atom. The van der Waals surface area contributed by atoms with Crippen molar-refractivity contribution in [1.82, 2.24) is 0 Å². The fourth-order valence-electron chi connectivity index (χ4n) is 1.17. The number of ether oxygens (including phenoxy) is 2. The Morgan fingerprint density at radius 2 is 2.27 bits per heavy atom. The predicted octanol–water partition coefficient (Wildman–Crippen LogP) is 1.74. The summed E-state index contributed by atoms with van der Waals surface area (Å²) >= 11 is 0. The van der Waals surface area contributed by atoms with Crippen LogP contribution in [0.2, 0.25) is 0 Å². The molecule has 2 atom stereocenters. The summed E-state index contributed by atoms with van der Waals surface area (Å²) in [5, 5.41) is 0. The predicted molar refractivity (Wildman–Crippen MR) is 44.2 cm³/mol. The first kappa shape index (κ1) is 8.50. The standard InChI is InChI=1S/C9H14O2/c1-4-8-9(3,5-2)6-10-7-11-8/h4-5,8H,1-2,6-7H2,3H3. The molecule has 2 nitrogen and oxygen atoms in total. The molecule has 1 saturated heterocycles. The summed E-state index contributed by atoms with van der Waals surface area (Å²) in [4.78, 5) is 0. The molecule has 0 amide bonds. The lowest BCUT2D eigenvalue weighted by Gasteiger charge is -2.36. The van der Waals surface area contributed by atoms with Gasteiger partial charge in [-0.1, -0.05) is 19.1 Å². The lowest BCUT2D eigenvalue weighted by atomic mass is 9.84. The highest BCUT2D eigenvalue weighted by Gasteiger charge is 2.33. The zero-order chi connectivity index (χ0) is 8.32. The first-order valence-corrected chi connectivity index (χ1v) is 3.68. The summed E-state index contributed by atoms with van der Waals surface area (Å²) in [6.07, 6.45) is 3.69. The van der Waals surface area contributed by atoms with Crippen molar-refractivity contribution in [1.29, 1.82) is 0 Å². The molecule has 0 radical (unpaired) electrons. The highest BCUT2D eigenvalue weighted by atomic mass is 16.7. The van der Waals surface area contributed by atoms with Crippen LogP contribution >= 0.6 is 0 Å². The van der Waals surface area contributed by atoms with Gasteiger partial charge in [0.2, 0.25) is 0 Å². The van der Waals surface area contributed by atoms with Gasteiger partial charge in [-0.3, -0.25) is 0 Å². The minimum atomic E-state index is -0.111. The molecular weight excluding hydrogens is 140 g/mol. The Bertz CT molecular complexity index is 165. The first-order chi connectivity index (χ1) is 5.23. The second-order valence-electron chi connectivity index (χ2n) is 3.00. The van der Waals surface area contributed by atoms with Crippen LogP contribution in [0.5, 0.6) is 0 Å². The molecule has 1 fully saturated rings. The molecule has 1 rings (SSSR count). The van der Waals surface area contributed by atoms with E-state index < -0.39 is 0 Å². The molecule has 0 spiro atoms. The van der Waals surface area contributed by atoms with Crippen molar-refractivity contribution in [2.45, 2.75) is 13.0 Å². The van der Waals surface area contributed by atoms with Crippen LogP contribution in [-0.2, 0) is 9.47 Å². The van der Waals surface area contributed by atoms with Crippen molar-refractivity contribution in [3.8, 4) is 0 Å². The van der Waals surface area contributed by atoms with Crippen molar-refractivity contribution in [2.75, 3.05) is 13.4 Å². The van der Waals surface area contributed by atoms with Gasteiger partial charge < -0.3 is 9.47 Å². The molecular formula is C9H14O2. The van der Waals surface area contributed by atoms with E-state index in [9.17, 15) is 0 Å². The van der Waals surface area contributed by atoms with Crippen LogP contribution in [0.25, 0.3) is 0 Å². The van der Waals surface area contributed by atoms with Crippen LogP contribution in [0.1, 0.15) is 6.92 Å². The fraction of sp³-hybridized carbons (Fsp3) is 0.556. The third-order valence-electron chi connectivity index (χ3n) is 2.07. The fourth-order valence-corrected chi connectivity index (χ4v) is 1.17. The summed E-state index contributed by atoms with van der Waals surface area (Å²) in [5.41, 5.74) is -0.111. The minimum absolute atomic E-state index is 0.0359. The van der Waals surface area contributed by atoms with Gasteiger partial charge in [0.05, 0.1) is 12.7 Å². The normalized spacial score (nSPS) is 38.1. The van der Waals surface area contributed by atoms with Gasteiger partial charge in [-0.2, -0.15) is 0 Å². The van der Waals surface area contributed by atoms with Gasteiger partial charge >= 0.3 is 0 Å². The average molecular weight is 154 g/mol. The van der Waals surface area contributed by atoms with Crippen LogP contribution < -0.4 is 0 Å². The van der Waals surface area contributed by atoms with Crippen LogP contribution in [0.4, 0.5) is 0 Å². The first-order valence-electron chi connectivity index (χ1n) is 3.68. The Balaban J connectivity index is 2.72. The minimum Gasteiger partial charge on any atom is -0.354 e. The van der Waals surface area contributed by atoms with Gasteiger partial charge in [0.1, 0.15) is 6.79 Å². The van der Waals surface area contributed by atoms with Gasteiger partial charge in [-0.05, 0) is 0 Å². The van der Waals surface area contributed by atoms with E-state index >= 15 is 0 Å². The van der Waals surface area contributed by atoms with E-state index in [1.54, 1.807) is 6.08 Å². The zero-order valence-corrected chi connectivity index (χ0v) is 6.88. The maximum Gasteiger partial charge on any atom is 0.147 e. The summed E-state index contributed by atoms with van der Waals surface area (Å²) in [6.45, 7) is 10.5. The molecule has 1 heterocycles. The van der Waals surface area contributed by atoms with Crippen molar-refractivity contribution in [3.05, 3.63) is 25.3 Å². The second-order valence-corrected chi connectivity index (χ2v) is 3.00. The summed E-state index contributed by atoms with van der Waals surface area (Å²) in [5.74, 6) is 0. The third-order valence-corrected chi connectivity index (χ3v) is 2.07. The molecule has 0 bridgehead atoms. The van der Waals surface area contributed by atoms with Crippen molar-refractivity contribution in [3.63, 3.8) is 0 Å². The monoisotopic (exact) mass is 154 g/mol. The van der Waals surface area contributed by atoms with Gasteiger partial charge in [0.15, 0.2) is 0 Å². The van der Waals surface area contributed by atoms with Crippen LogP contribution in [0.3, 0.4) is 0 Å². The molecule has 1 aliphatic rings. The molecule has 0 aromatic heterocycles. The lowest BCUT2D eigenvalue weighted by Crippen LogP contribution is -2.40. The molecule has 0 aliphatic carbocycles. The molecule has 2 unspecified atom stereocenters. The van der Waals surface area contributed by atoms with Crippen molar-refractivity contribution in [2.24, 2.45) is 5.41 Å². The number of hydrogen-bond donors (Lipinski definition) is 0. The summed E-state index contributed by atoms with van der Waals surface area (Å²) in [6, 6.07) is 0. The lowest BCUT2D eigenvalue weighted by molar-refractivity contribution is -0.173. The van der Waals surface area contributed by atoms with Gasteiger partial charge in [-0.15, -0.1) is 13.2 Å². The van der Waals surface area contributed by atoms with E-state index in [2.05, 4.69) is 13.2 Å². The Morgan fingerprint density at radius 1 is 1.55 bits per heavy atom. The van der Waals surface area contributed by atoms with E-state index in [-0.39, 0.29) is 11.5 Å². The van der Waals surface area contributed by atoms with E-state index in [4.69, 9.17) is 9.47 Å². The Labute approximate surface area is 67.5 Å². The van der Waals surface area contributed by atoms with Crippen LogP contribution in [0.15, 0.2) is 25.3 Å². The Kier molecular flexibility index (Phi) is 2.47. The molecule has 0 aromatic rings. The van der Waals surface area contributed by atoms with Crippen molar-refractivity contribution >= 4 is 0 Å². The highest BCUT2D eigenvalue weighted by Crippen LogP contribution is 2.29.